The van der Waals surface area contributed by atoms with Gasteiger partial charge in [0.25, 0.3) is 5.91 Å². The average Bonchev–Trinajstić information content (AvgIpc) is 2.89. The lowest BCUT2D eigenvalue weighted by Crippen LogP contribution is -2.29. The third-order valence-corrected chi connectivity index (χ3v) is 3.43. The van der Waals surface area contributed by atoms with Gasteiger partial charge in [-0.2, -0.15) is 0 Å². The van der Waals surface area contributed by atoms with Crippen LogP contribution in [0.3, 0.4) is 0 Å². The molecule has 3 rings (SSSR count). The van der Waals surface area contributed by atoms with E-state index in [4.69, 9.17) is 5.84 Å². The van der Waals surface area contributed by atoms with Gasteiger partial charge in [-0.1, -0.05) is 12.1 Å². The van der Waals surface area contributed by atoms with Gasteiger partial charge in [0.15, 0.2) is 0 Å². The van der Waals surface area contributed by atoms with E-state index in [2.05, 4.69) is 5.43 Å². The van der Waals surface area contributed by atoms with E-state index in [0.29, 0.717) is 12.1 Å². The number of hydrazine groups is 1. The third kappa shape index (κ3) is 2.64. The molecule has 0 aliphatic heterocycles. The summed E-state index contributed by atoms with van der Waals surface area (Å²) in [4.78, 5) is 11.4. The minimum Gasteiger partial charge on any atom is -0.343 e. The first-order valence-corrected chi connectivity index (χ1v) is 6.51. The topological polar surface area (TPSA) is 60.0 Å². The molecular formula is C16H14FN3O. The number of fused-ring (bicyclic) bond motifs is 1. The Bertz CT molecular complexity index is 793. The maximum atomic E-state index is 13.2. The van der Waals surface area contributed by atoms with Crippen molar-refractivity contribution in [2.45, 2.75) is 6.54 Å². The summed E-state index contributed by atoms with van der Waals surface area (Å²) in [7, 11) is 0. The van der Waals surface area contributed by atoms with Crippen LogP contribution in [0.2, 0.25) is 0 Å². The maximum absolute atomic E-state index is 13.2. The van der Waals surface area contributed by atoms with Gasteiger partial charge in [-0.05, 0) is 42.0 Å². The number of nitrogen functional groups attached to an aromatic ring is 1. The summed E-state index contributed by atoms with van der Waals surface area (Å²) in [5.74, 6) is 4.54. The second kappa shape index (κ2) is 5.38. The van der Waals surface area contributed by atoms with Crippen LogP contribution in [-0.4, -0.2) is 10.5 Å². The Labute approximate surface area is 121 Å². The molecule has 3 aromatic rings. The van der Waals surface area contributed by atoms with E-state index >= 15 is 0 Å². The molecule has 2 aromatic carbocycles. The van der Waals surface area contributed by atoms with Crippen LogP contribution in [0.5, 0.6) is 0 Å². The Balaban J connectivity index is 1.86. The maximum Gasteiger partial charge on any atom is 0.265 e. The number of nitrogens with zero attached hydrogens (tertiary/aromatic N) is 1. The second-order valence-electron chi connectivity index (χ2n) is 4.82. The van der Waals surface area contributed by atoms with E-state index in [1.807, 2.05) is 29.0 Å². The molecule has 0 fully saturated rings. The third-order valence-electron chi connectivity index (χ3n) is 3.43. The zero-order chi connectivity index (χ0) is 14.8. The van der Waals surface area contributed by atoms with Crippen molar-refractivity contribution in [2.24, 2.45) is 5.84 Å². The van der Waals surface area contributed by atoms with Crippen molar-refractivity contribution in [1.82, 2.24) is 9.99 Å². The molecule has 0 atom stereocenters. The van der Waals surface area contributed by atoms with Gasteiger partial charge in [0.2, 0.25) is 0 Å². The van der Waals surface area contributed by atoms with Crippen molar-refractivity contribution in [3.63, 3.8) is 0 Å². The molecule has 21 heavy (non-hydrogen) atoms. The normalized spacial score (nSPS) is 10.8. The fourth-order valence-electron chi connectivity index (χ4n) is 2.35. The van der Waals surface area contributed by atoms with Gasteiger partial charge in [0.05, 0.1) is 0 Å². The number of benzene rings is 2. The molecule has 0 unspecified atom stereocenters. The van der Waals surface area contributed by atoms with E-state index in [1.54, 1.807) is 18.2 Å². The zero-order valence-corrected chi connectivity index (χ0v) is 11.2. The predicted molar refractivity (Wildman–Crippen MR) is 79.1 cm³/mol. The molecule has 0 aliphatic rings. The first-order chi connectivity index (χ1) is 10.2. The minimum absolute atomic E-state index is 0.239. The summed E-state index contributed by atoms with van der Waals surface area (Å²) in [6.45, 7) is 0.652. The molecule has 4 nitrogen and oxygen atoms in total. The summed E-state index contributed by atoms with van der Waals surface area (Å²) in [6, 6.07) is 13.8. The lowest BCUT2D eigenvalue weighted by Gasteiger charge is -2.07. The minimum atomic E-state index is -0.316. The smallest absolute Gasteiger partial charge is 0.265 e. The summed E-state index contributed by atoms with van der Waals surface area (Å²) >= 11 is 0. The van der Waals surface area contributed by atoms with Crippen LogP contribution in [0.1, 0.15) is 15.9 Å². The molecule has 1 amide bonds. The fourth-order valence-corrected chi connectivity index (χ4v) is 2.35. The largest absolute Gasteiger partial charge is 0.343 e. The van der Waals surface area contributed by atoms with Crippen LogP contribution < -0.4 is 11.3 Å². The first kappa shape index (κ1) is 13.3. The Kier molecular flexibility index (Phi) is 3.41. The molecule has 106 valence electrons. The summed E-state index contributed by atoms with van der Waals surface area (Å²) in [5.41, 5.74) is 4.63. The number of carbonyl (C=O) groups excluding carboxylic acids is 1. The number of carbonyl (C=O) groups is 1. The highest BCUT2D eigenvalue weighted by Gasteiger charge is 2.05. The number of aromatic nitrogens is 1. The Morgan fingerprint density at radius 1 is 1.14 bits per heavy atom. The molecule has 0 aliphatic carbocycles. The molecular weight excluding hydrogens is 269 g/mol. The van der Waals surface area contributed by atoms with Gasteiger partial charge in [-0.3, -0.25) is 10.2 Å². The van der Waals surface area contributed by atoms with Crippen molar-refractivity contribution < 1.29 is 9.18 Å². The Morgan fingerprint density at radius 2 is 1.90 bits per heavy atom. The van der Waals surface area contributed by atoms with Crippen LogP contribution in [0.4, 0.5) is 4.39 Å². The number of nitrogens with two attached hydrogens (primary N) is 1. The van der Waals surface area contributed by atoms with Crippen molar-refractivity contribution in [3.05, 3.63) is 71.7 Å². The van der Waals surface area contributed by atoms with Gasteiger partial charge in [-0.15, -0.1) is 0 Å². The average molecular weight is 283 g/mol. The lowest BCUT2D eigenvalue weighted by atomic mass is 10.1. The molecule has 0 saturated carbocycles. The molecule has 5 heteroatoms. The van der Waals surface area contributed by atoms with Gasteiger partial charge < -0.3 is 4.57 Å². The molecule has 0 spiro atoms. The molecule has 0 bridgehead atoms. The van der Waals surface area contributed by atoms with E-state index in [9.17, 15) is 9.18 Å². The van der Waals surface area contributed by atoms with Gasteiger partial charge in [-0.25, -0.2) is 10.2 Å². The predicted octanol–water partition coefficient (Wildman–Crippen LogP) is 2.43. The first-order valence-electron chi connectivity index (χ1n) is 6.51. The van der Waals surface area contributed by atoms with Crippen molar-refractivity contribution in [2.75, 3.05) is 0 Å². The van der Waals surface area contributed by atoms with Crippen LogP contribution in [-0.2, 0) is 6.54 Å². The number of amides is 1. The van der Waals surface area contributed by atoms with Crippen LogP contribution >= 0.6 is 0 Å². The highest BCUT2D eigenvalue weighted by molar-refractivity contribution is 5.93. The molecule has 1 aromatic heterocycles. The number of rotatable bonds is 3. The molecule has 1 heterocycles. The summed E-state index contributed by atoms with van der Waals surface area (Å²) in [5, 5.41) is 0.870. The standard InChI is InChI=1S/C16H14FN3O/c17-14-5-6-15-13(9-14)7-8-20(15)10-11-1-3-12(4-2-11)16(21)19-18/h1-9H,10,18H2,(H,19,21). The number of hydrogen-bond donors (Lipinski definition) is 2. The van der Waals surface area contributed by atoms with Crippen LogP contribution in [0.25, 0.3) is 10.9 Å². The SMILES string of the molecule is NNC(=O)c1ccc(Cn2ccc3cc(F)ccc32)cc1. The number of nitrogens with one attached hydrogen (secondary N) is 1. The number of hydrogen-bond acceptors (Lipinski definition) is 2. The number of halogens is 1. The monoisotopic (exact) mass is 283 g/mol. The molecule has 0 radical (unpaired) electrons. The molecule has 3 N–H and O–H groups in total. The second-order valence-corrected chi connectivity index (χ2v) is 4.82. The van der Waals surface area contributed by atoms with E-state index in [-0.39, 0.29) is 11.7 Å². The van der Waals surface area contributed by atoms with Crippen molar-refractivity contribution in [3.8, 4) is 0 Å². The Morgan fingerprint density at radius 3 is 2.62 bits per heavy atom. The summed E-state index contributed by atoms with van der Waals surface area (Å²) in [6.07, 6.45) is 1.92. The van der Waals surface area contributed by atoms with E-state index in [1.165, 1.54) is 12.1 Å². The lowest BCUT2D eigenvalue weighted by molar-refractivity contribution is 0.0953. The van der Waals surface area contributed by atoms with Gasteiger partial charge >= 0.3 is 0 Å². The van der Waals surface area contributed by atoms with E-state index in [0.717, 1.165) is 16.5 Å². The highest BCUT2D eigenvalue weighted by Crippen LogP contribution is 2.18. The summed E-state index contributed by atoms with van der Waals surface area (Å²) < 4.78 is 15.2. The fraction of sp³-hybridized carbons (Fsp3) is 0.0625. The molecule has 0 saturated heterocycles. The van der Waals surface area contributed by atoms with Gasteiger partial charge in [0, 0.05) is 29.2 Å². The Hall–Kier alpha value is -2.66. The zero-order valence-electron chi connectivity index (χ0n) is 11.2. The van der Waals surface area contributed by atoms with E-state index < -0.39 is 0 Å². The highest BCUT2D eigenvalue weighted by atomic mass is 19.1. The van der Waals surface area contributed by atoms with Crippen molar-refractivity contribution in [1.29, 1.82) is 0 Å². The quantitative estimate of drug-likeness (QED) is 0.440. The van der Waals surface area contributed by atoms with Gasteiger partial charge in [0.1, 0.15) is 5.82 Å². The van der Waals surface area contributed by atoms with Crippen LogP contribution in [0, 0.1) is 5.82 Å². The van der Waals surface area contributed by atoms with Crippen molar-refractivity contribution >= 4 is 16.8 Å². The van der Waals surface area contributed by atoms with Crippen LogP contribution in [0.15, 0.2) is 54.7 Å².